The van der Waals surface area contributed by atoms with E-state index in [1.807, 2.05) is 32.9 Å². The van der Waals surface area contributed by atoms with Crippen LogP contribution in [0.5, 0.6) is 5.75 Å². The number of benzene rings is 1. The molecule has 1 aromatic rings. The number of alkyl halides is 2. The summed E-state index contributed by atoms with van der Waals surface area (Å²) >= 11 is 0. The molecule has 26 heavy (non-hydrogen) atoms. The van der Waals surface area contributed by atoms with Crippen LogP contribution in [0.1, 0.15) is 50.7 Å². The smallest absolute Gasteiger partial charge is 0.410 e. The van der Waals surface area contributed by atoms with Crippen molar-refractivity contribution < 1.29 is 23.0 Å². The topological polar surface area (TPSA) is 64.8 Å². The Morgan fingerprint density at radius 1 is 1.31 bits per heavy atom. The lowest BCUT2D eigenvalue weighted by molar-refractivity contribution is -0.0508. The van der Waals surface area contributed by atoms with Crippen LogP contribution in [0.15, 0.2) is 18.2 Å². The summed E-state index contributed by atoms with van der Waals surface area (Å²) in [4.78, 5) is 13.8. The minimum Gasteiger partial charge on any atom is -0.444 e. The van der Waals surface area contributed by atoms with Crippen LogP contribution in [-0.4, -0.2) is 42.8 Å². The Balaban J connectivity index is 2.07. The number of hydrogen-bond donors (Lipinski definition) is 1. The second-order valence-electron chi connectivity index (χ2n) is 7.53. The second-order valence-corrected chi connectivity index (χ2v) is 7.53. The van der Waals surface area contributed by atoms with Gasteiger partial charge in [-0.15, -0.1) is 0 Å². The van der Waals surface area contributed by atoms with Crippen molar-refractivity contribution in [3.8, 4) is 5.75 Å². The van der Waals surface area contributed by atoms with Gasteiger partial charge in [0.15, 0.2) is 0 Å². The average molecular weight is 370 g/mol. The summed E-state index contributed by atoms with van der Waals surface area (Å²) in [6.07, 6.45) is 1.62. The zero-order valence-corrected chi connectivity index (χ0v) is 15.6. The molecule has 1 aliphatic rings. The van der Waals surface area contributed by atoms with Crippen molar-refractivity contribution in [2.75, 3.05) is 19.6 Å². The largest absolute Gasteiger partial charge is 0.444 e. The van der Waals surface area contributed by atoms with Crippen molar-refractivity contribution in [2.24, 2.45) is 5.73 Å². The van der Waals surface area contributed by atoms with E-state index in [0.717, 1.165) is 11.1 Å². The van der Waals surface area contributed by atoms with Gasteiger partial charge in [-0.2, -0.15) is 8.78 Å². The molecule has 2 rings (SSSR count). The van der Waals surface area contributed by atoms with E-state index in [4.69, 9.17) is 15.2 Å². The molecule has 1 amide bonds. The predicted octanol–water partition coefficient (Wildman–Crippen LogP) is 3.90. The lowest BCUT2D eigenvalue weighted by Crippen LogP contribution is -2.41. The quantitative estimate of drug-likeness (QED) is 0.854. The summed E-state index contributed by atoms with van der Waals surface area (Å²) in [5.41, 5.74) is 6.64. The highest BCUT2D eigenvalue weighted by atomic mass is 19.3. The molecule has 1 aromatic carbocycles. The van der Waals surface area contributed by atoms with E-state index in [1.165, 1.54) is 0 Å². The van der Waals surface area contributed by atoms with Gasteiger partial charge in [-0.3, -0.25) is 0 Å². The van der Waals surface area contributed by atoms with Gasteiger partial charge in [-0.25, -0.2) is 4.79 Å². The van der Waals surface area contributed by atoms with E-state index in [0.29, 0.717) is 38.9 Å². The van der Waals surface area contributed by atoms with Crippen LogP contribution in [0.4, 0.5) is 13.6 Å². The van der Waals surface area contributed by atoms with E-state index in [1.54, 1.807) is 11.0 Å². The fourth-order valence-corrected chi connectivity index (χ4v) is 3.14. The maximum atomic E-state index is 12.8. The molecule has 5 nitrogen and oxygen atoms in total. The van der Waals surface area contributed by atoms with Crippen molar-refractivity contribution in [3.05, 3.63) is 29.3 Å². The lowest BCUT2D eigenvalue weighted by Gasteiger charge is -2.34. The Morgan fingerprint density at radius 2 is 1.96 bits per heavy atom. The normalized spacial score (nSPS) is 16.0. The Morgan fingerprint density at radius 3 is 2.50 bits per heavy atom. The highest BCUT2D eigenvalue weighted by Crippen LogP contribution is 2.36. The first-order valence-electron chi connectivity index (χ1n) is 8.95. The number of carbonyl (C=O) groups excluding carboxylic acids is 1. The molecule has 7 heteroatoms. The molecule has 1 fully saturated rings. The van der Waals surface area contributed by atoms with Crippen LogP contribution in [0.3, 0.4) is 0 Å². The van der Waals surface area contributed by atoms with Crippen molar-refractivity contribution >= 4 is 6.09 Å². The summed E-state index contributed by atoms with van der Waals surface area (Å²) in [5.74, 6) is 0.274. The third-order valence-electron chi connectivity index (χ3n) is 4.31. The molecule has 0 unspecified atom stereocenters. The Bertz CT molecular complexity index is 609. The van der Waals surface area contributed by atoms with Gasteiger partial charge in [0.05, 0.1) is 0 Å². The Hall–Kier alpha value is -1.89. The lowest BCUT2D eigenvalue weighted by atomic mass is 9.88. The summed E-state index contributed by atoms with van der Waals surface area (Å²) in [5, 5.41) is 0. The van der Waals surface area contributed by atoms with Crippen molar-refractivity contribution in [3.63, 3.8) is 0 Å². The number of nitrogens with zero attached hydrogens (tertiary/aromatic N) is 1. The first-order valence-corrected chi connectivity index (χ1v) is 8.95. The second kappa shape index (κ2) is 8.66. The molecule has 1 heterocycles. The average Bonchev–Trinajstić information content (AvgIpc) is 2.53. The highest BCUT2D eigenvalue weighted by Gasteiger charge is 2.29. The molecular weight excluding hydrogens is 342 g/mol. The van der Waals surface area contributed by atoms with E-state index >= 15 is 0 Å². The molecule has 2 N–H and O–H groups in total. The van der Waals surface area contributed by atoms with Gasteiger partial charge >= 0.3 is 12.7 Å². The van der Waals surface area contributed by atoms with Crippen molar-refractivity contribution in [1.82, 2.24) is 4.90 Å². The molecule has 0 atom stereocenters. The van der Waals surface area contributed by atoms with Crippen LogP contribution in [0.2, 0.25) is 0 Å². The van der Waals surface area contributed by atoms with Gasteiger partial charge in [0, 0.05) is 13.1 Å². The Kier molecular flexibility index (Phi) is 6.81. The molecule has 0 spiro atoms. The van der Waals surface area contributed by atoms with E-state index in [9.17, 15) is 13.6 Å². The molecule has 0 saturated carbocycles. The summed E-state index contributed by atoms with van der Waals surface area (Å²) < 4.78 is 35.7. The molecule has 0 bridgehead atoms. The standard InChI is InChI=1S/C19H28F2N2O3/c1-19(2,3)26-18(24)23-10-7-14(8-11-23)15-5-4-13(6-9-22)12-16(15)25-17(20)21/h4-5,12,14,17H,6-11,22H2,1-3H3. The van der Waals surface area contributed by atoms with Crippen molar-refractivity contribution in [2.45, 2.75) is 58.2 Å². The van der Waals surface area contributed by atoms with Gasteiger partial charge < -0.3 is 20.1 Å². The van der Waals surface area contributed by atoms with Crippen LogP contribution >= 0.6 is 0 Å². The van der Waals surface area contributed by atoms with Crippen LogP contribution < -0.4 is 10.5 Å². The summed E-state index contributed by atoms with van der Waals surface area (Å²) in [6.45, 7) is 4.11. The number of piperidine rings is 1. The van der Waals surface area contributed by atoms with Crippen molar-refractivity contribution in [1.29, 1.82) is 0 Å². The van der Waals surface area contributed by atoms with Gasteiger partial charge in [-0.05, 0) is 69.7 Å². The first-order chi connectivity index (χ1) is 12.2. The molecule has 0 aliphatic carbocycles. The number of nitrogens with two attached hydrogens (primary N) is 1. The third-order valence-corrected chi connectivity index (χ3v) is 4.31. The maximum Gasteiger partial charge on any atom is 0.410 e. The molecule has 1 saturated heterocycles. The number of amides is 1. The zero-order chi connectivity index (χ0) is 19.3. The number of hydrogen-bond acceptors (Lipinski definition) is 4. The molecule has 0 aromatic heterocycles. The van der Waals surface area contributed by atoms with Crippen LogP contribution in [0.25, 0.3) is 0 Å². The minimum atomic E-state index is -2.87. The number of ether oxygens (including phenoxy) is 2. The van der Waals surface area contributed by atoms with E-state index in [-0.39, 0.29) is 17.8 Å². The SMILES string of the molecule is CC(C)(C)OC(=O)N1CCC(c2ccc(CCN)cc2OC(F)F)CC1. The molecule has 0 radical (unpaired) electrons. The predicted molar refractivity (Wildman–Crippen MR) is 95.6 cm³/mol. The molecule has 146 valence electrons. The fourth-order valence-electron chi connectivity index (χ4n) is 3.14. The van der Waals surface area contributed by atoms with Gasteiger partial charge in [0.2, 0.25) is 0 Å². The van der Waals surface area contributed by atoms with Gasteiger partial charge in [-0.1, -0.05) is 12.1 Å². The van der Waals surface area contributed by atoms with Crippen LogP contribution in [-0.2, 0) is 11.2 Å². The summed E-state index contributed by atoms with van der Waals surface area (Å²) in [6, 6.07) is 5.39. The van der Waals surface area contributed by atoms with Crippen LogP contribution in [0, 0.1) is 0 Å². The Labute approximate surface area is 153 Å². The highest BCUT2D eigenvalue weighted by molar-refractivity contribution is 5.68. The van der Waals surface area contributed by atoms with Gasteiger partial charge in [0.1, 0.15) is 11.4 Å². The summed E-state index contributed by atoms with van der Waals surface area (Å²) in [7, 11) is 0. The number of rotatable bonds is 5. The first kappa shape index (κ1) is 20.4. The number of likely N-dealkylation sites (tertiary alicyclic amines) is 1. The van der Waals surface area contributed by atoms with E-state index < -0.39 is 12.2 Å². The minimum absolute atomic E-state index is 0.0642. The third kappa shape index (κ3) is 5.83. The number of halogens is 2. The maximum absolute atomic E-state index is 12.8. The number of carbonyl (C=O) groups is 1. The van der Waals surface area contributed by atoms with Gasteiger partial charge in [0.25, 0.3) is 0 Å². The fraction of sp³-hybridized carbons (Fsp3) is 0.632. The molecular formula is C19H28F2N2O3. The monoisotopic (exact) mass is 370 g/mol. The zero-order valence-electron chi connectivity index (χ0n) is 15.6. The van der Waals surface area contributed by atoms with E-state index in [2.05, 4.69) is 0 Å². The molecule has 1 aliphatic heterocycles.